The zero-order valence-electron chi connectivity index (χ0n) is 20.0. The molecule has 2 amide bonds. The molecule has 2 aromatic heterocycles. The summed E-state index contributed by atoms with van der Waals surface area (Å²) in [5.74, 6) is 0.0115. The van der Waals surface area contributed by atoms with Crippen LogP contribution in [0.5, 0.6) is 0 Å². The van der Waals surface area contributed by atoms with Crippen molar-refractivity contribution in [3.63, 3.8) is 0 Å². The van der Waals surface area contributed by atoms with Gasteiger partial charge in [-0.2, -0.15) is 5.10 Å². The summed E-state index contributed by atoms with van der Waals surface area (Å²) in [5, 5.41) is 7.25. The van der Waals surface area contributed by atoms with Crippen LogP contribution in [0.15, 0.2) is 6.33 Å². The van der Waals surface area contributed by atoms with Gasteiger partial charge in [-0.1, -0.05) is 5.92 Å². The van der Waals surface area contributed by atoms with Gasteiger partial charge in [0.1, 0.15) is 28.0 Å². The Labute approximate surface area is 204 Å². The Balaban J connectivity index is 1.82. The van der Waals surface area contributed by atoms with E-state index in [1.54, 1.807) is 11.9 Å². The molecule has 36 heavy (non-hydrogen) atoms. The fourth-order valence-corrected chi connectivity index (χ4v) is 4.57. The van der Waals surface area contributed by atoms with E-state index in [1.165, 1.54) is 25.8 Å². The third-order valence-corrected chi connectivity index (χ3v) is 6.19. The van der Waals surface area contributed by atoms with E-state index in [1.807, 2.05) is 0 Å². The van der Waals surface area contributed by atoms with Gasteiger partial charge in [0.15, 0.2) is 23.1 Å². The normalized spacial score (nSPS) is 17.4. The Bertz CT molecular complexity index is 1440. The molecule has 3 N–H and O–H groups in total. The van der Waals surface area contributed by atoms with Gasteiger partial charge in [0, 0.05) is 34.7 Å². The highest BCUT2D eigenvalue weighted by molar-refractivity contribution is 6.00. The van der Waals surface area contributed by atoms with Crippen LogP contribution in [0.2, 0.25) is 0 Å². The van der Waals surface area contributed by atoms with E-state index < -0.39 is 28.9 Å². The summed E-state index contributed by atoms with van der Waals surface area (Å²) in [4.78, 5) is 29.8. The molecule has 0 unspecified atom stereocenters. The lowest BCUT2D eigenvalue weighted by atomic mass is 10.1. The van der Waals surface area contributed by atoms with Crippen molar-refractivity contribution in [2.45, 2.75) is 25.4 Å². The van der Waals surface area contributed by atoms with Crippen molar-refractivity contribution in [1.29, 1.82) is 0 Å². The second-order valence-electron chi connectivity index (χ2n) is 8.42. The van der Waals surface area contributed by atoms with Gasteiger partial charge < -0.3 is 25.3 Å². The number of fused-ring (bicyclic) bond motifs is 1. The van der Waals surface area contributed by atoms with Crippen LogP contribution >= 0.6 is 0 Å². The fourth-order valence-electron chi connectivity index (χ4n) is 4.57. The summed E-state index contributed by atoms with van der Waals surface area (Å²) < 4.78 is 52.1. The largest absolute Gasteiger partial charge is 0.383 e. The number of nitrogens with zero attached hydrogens (tertiary/aromatic N) is 5. The van der Waals surface area contributed by atoms with Gasteiger partial charge in [-0.15, -0.1) is 0 Å². The van der Waals surface area contributed by atoms with Gasteiger partial charge in [-0.3, -0.25) is 9.59 Å². The van der Waals surface area contributed by atoms with Crippen LogP contribution in [0.25, 0.3) is 11.0 Å². The van der Waals surface area contributed by atoms with Crippen LogP contribution in [-0.2, 0) is 16.6 Å². The van der Waals surface area contributed by atoms with Crippen LogP contribution in [0, 0.1) is 29.3 Å². The zero-order chi connectivity index (χ0) is 26.3. The predicted molar refractivity (Wildman–Crippen MR) is 124 cm³/mol. The van der Waals surface area contributed by atoms with Crippen molar-refractivity contribution in [3.8, 4) is 11.8 Å². The number of aromatic nitrogens is 4. The number of imidazole rings is 1. The van der Waals surface area contributed by atoms with Gasteiger partial charge in [0.05, 0.1) is 25.0 Å². The standard InChI is InChI=1S/C23H24F3N7O3/c1-11(34)32-8-12(7-13(32)9-36-4)33-23(28-2)16(22(27)35)15(30-33)6-5-14-17(24)19(26)21-20(18(14)25)29-10-31(21)3/h10,12-13,28H,7-9H2,1-4H3,(H2,27,35)/t12-,13+/m0/s1. The molecule has 1 fully saturated rings. The van der Waals surface area contributed by atoms with Gasteiger partial charge in [0.25, 0.3) is 5.91 Å². The topological polar surface area (TPSA) is 120 Å². The monoisotopic (exact) mass is 503 g/mol. The predicted octanol–water partition coefficient (Wildman–Crippen LogP) is 1.54. The summed E-state index contributed by atoms with van der Waals surface area (Å²) >= 11 is 0. The SMILES string of the molecule is CNc1c(C(N)=O)c(C#Cc2c(F)c(F)c3c(ncn3C)c2F)nn1[C@H]1C[C@H](COC)N(C(C)=O)C1. The van der Waals surface area contributed by atoms with Gasteiger partial charge in [0.2, 0.25) is 5.91 Å². The molecule has 2 atom stereocenters. The quantitative estimate of drug-likeness (QED) is 0.403. The number of likely N-dealkylation sites (tertiary alicyclic amines) is 1. The molecule has 190 valence electrons. The number of carbonyl (C=O) groups excluding carboxylic acids is 2. The number of aryl methyl sites for hydroxylation is 1. The van der Waals surface area contributed by atoms with E-state index in [4.69, 9.17) is 10.5 Å². The summed E-state index contributed by atoms with van der Waals surface area (Å²) in [7, 11) is 4.48. The van der Waals surface area contributed by atoms with Gasteiger partial charge in [-0.25, -0.2) is 22.8 Å². The molecular formula is C23H24F3N7O3. The number of benzene rings is 1. The molecular weight excluding hydrogens is 479 g/mol. The molecule has 0 radical (unpaired) electrons. The van der Waals surface area contributed by atoms with Crippen LogP contribution in [0.1, 0.15) is 41.0 Å². The molecule has 1 aliphatic rings. The van der Waals surface area contributed by atoms with E-state index >= 15 is 0 Å². The molecule has 0 aliphatic carbocycles. The average molecular weight is 503 g/mol. The van der Waals surface area contributed by atoms with Crippen LogP contribution in [0.4, 0.5) is 19.0 Å². The highest BCUT2D eigenvalue weighted by Crippen LogP contribution is 2.32. The number of anilines is 1. The van der Waals surface area contributed by atoms with E-state index in [-0.39, 0.29) is 52.6 Å². The third-order valence-electron chi connectivity index (χ3n) is 6.19. The van der Waals surface area contributed by atoms with Crippen molar-refractivity contribution in [1.82, 2.24) is 24.2 Å². The average Bonchev–Trinajstić information content (AvgIpc) is 3.52. The first-order valence-electron chi connectivity index (χ1n) is 11.0. The smallest absolute Gasteiger partial charge is 0.255 e. The number of methoxy groups -OCH3 is 1. The van der Waals surface area contributed by atoms with Crippen molar-refractivity contribution < 1.29 is 27.5 Å². The number of ether oxygens (including phenoxy) is 1. The lowest BCUT2D eigenvalue weighted by molar-refractivity contribution is -0.130. The van der Waals surface area contributed by atoms with Crippen molar-refractivity contribution in [2.24, 2.45) is 12.8 Å². The highest BCUT2D eigenvalue weighted by atomic mass is 19.2. The number of nitrogens with two attached hydrogens (primary N) is 1. The maximum Gasteiger partial charge on any atom is 0.255 e. The summed E-state index contributed by atoms with van der Waals surface area (Å²) in [5.41, 5.74) is 3.76. The minimum Gasteiger partial charge on any atom is -0.383 e. The molecule has 13 heteroatoms. The first-order chi connectivity index (χ1) is 17.1. The molecule has 4 rings (SSSR count). The molecule has 1 aromatic carbocycles. The maximum atomic E-state index is 15.0. The highest BCUT2D eigenvalue weighted by Gasteiger charge is 2.37. The minimum absolute atomic E-state index is 0.102. The van der Waals surface area contributed by atoms with Gasteiger partial charge >= 0.3 is 0 Å². The third kappa shape index (κ3) is 4.03. The van der Waals surface area contributed by atoms with Gasteiger partial charge in [-0.05, 0) is 12.3 Å². The maximum absolute atomic E-state index is 15.0. The number of nitrogens with one attached hydrogen (secondary N) is 1. The Morgan fingerprint density at radius 1 is 1.25 bits per heavy atom. The van der Waals surface area contributed by atoms with Crippen LogP contribution in [-0.4, -0.2) is 69.4 Å². The number of rotatable bonds is 5. The second-order valence-corrected chi connectivity index (χ2v) is 8.42. The number of carbonyl (C=O) groups is 2. The lowest BCUT2D eigenvalue weighted by Gasteiger charge is -2.21. The van der Waals surface area contributed by atoms with Crippen molar-refractivity contribution >= 4 is 28.7 Å². The molecule has 0 saturated carbocycles. The number of primary amides is 1. The van der Waals surface area contributed by atoms with Crippen LogP contribution in [0.3, 0.4) is 0 Å². The number of hydrogen-bond acceptors (Lipinski definition) is 6. The molecule has 3 heterocycles. The molecule has 1 aliphatic heterocycles. The van der Waals surface area contributed by atoms with Crippen molar-refractivity contribution in [2.75, 3.05) is 32.6 Å². The fraction of sp³-hybridized carbons (Fsp3) is 0.391. The van der Waals surface area contributed by atoms with E-state index in [0.29, 0.717) is 13.0 Å². The second kappa shape index (κ2) is 9.54. The Hall–Kier alpha value is -4.05. The number of halogens is 3. The lowest BCUT2D eigenvalue weighted by Crippen LogP contribution is -2.36. The van der Waals surface area contributed by atoms with E-state index in [0.717, 1.165) is 10.9 Å². The zero-order valence-corrected chi connectivity index (χ0v) is 20.0. The first-order valence-corrected chi connectivity index (χ1v) is 11.0. The molecule has 1 saturated heterocycles. The Morgan fingerprint density at radius 3 is 2.58 bits per heavy atom. The Kier molecular flexibility index (Phi) is 6.64. The van der Waals surface area contributed by atoms with E-state index in [9.17, 15) is 22.8 Å². The number of hydrogen-bond donors (Lipinski definition) is 2. The summed E-state index contributed by atoms with van der Waals surface area (Å²) in [6.45, 7) is 2.04. The van der Waals surface area contributed by atoms with Crippen LogP contribution < -0.4 is 11.1 Å². The molecule has 10 nitrogen and oxygen atoms in total. The summed E-state index contributed by atoms with van der Waals surface area (Å²) in [6, 6.07) is -0.574. The van der Waals surface area contributed by atoms with Crippen molar-refractivity contribution in [3.05, 3.63) is 40.6 Å². The molecule has 0 bridgehead atoms. The molecule has 0 spiro atoms. The minimum atomic E-state index is -1.49. The van der Waals surface area contributed by atoms with E-state index in [2.05, 4.69) is 27.2 Å². The molecule has 3 aromatic rings. The Morgan fingerprint density at radius 2 is 1.97 bits per heavy atom. The summed E-state index contributed by atoms with van der Waals surface area (Å²) in [6.07, 6.45) is 1.63. The first kappa shape index (κ1) is 25.1. The number of amides is 2.